The standard InChI is InChI=1S/C12H10N4OS2/c1-7-3-5-8(6-4-7)9-10(17)16-11(14-13-9)19-12(15-16)18-2/h3-6H,1-2H3. The number of thioether (sulfide) groups is 1. The molecule has 3 rings (SSSR count). The number of fused-ring (bicyclic) bond motifs is 1. The van der Waals surface area contributed by atoms with E-state index >= 15 is 0 Å². The van der Waals surface area contributed by atoms with E-state index in [4.69, 9.17) is 0 Å². The summed E-state index contributed by atoms with van der Waals surface area (Å²) in [6.45, 7) is 2.00. The van der Waals surface area contributed by atoms with Crippen molar-refractivity contribution in [2.24, 2.45) is 0 Å². The van der Waals surface area contributed by atoms with Gasteiger partial charge in [0.25, 0.3) is 0 Å². The predicted octanol–water partition coefficient (Wildman–Crippen LogP) is 2.24. The summed E-state index contributed by atoms with van der Waals surface area (Å²) in [5, 5.41) is 12.3. The van der Waals surface area contributed by atoms with Gasteiger partial charge in [0, 0.05) is 5.56 Å². The van der Waals surface area contributed by atoms with Crippen LogP contribution in [0.5, 0.6) is 0 Å². The Bertz CT molecular complexity index is 792. The first-order valence-electron chi connectivity index (χ1n) is 5.56. The van der Waals surface area contributed by atoms with E-state index in [0.29, 0.717) is 10.7 Å². The minimum Gasteiger partial charge on any atom is -0.265 e. The molecule has 0 radical (unpaired) electrons. The van der Waals surface area contributed by atoms with Crippen molar-refractivity contribution < 1.29 is 0 Å². The Kier molecular flexibility index (Phi) is 3.08. The van der Waals surface area contributed by atoms with Crippen molar-refractivity contribution >= 4 is 28.1 Å². The van der Waals surface area contributed by atoms with Crippen LogP contribution >= 0.6 is 23.1 Å². The molecule has 0 saturated heterocycles. The topological polar surface area (TPSA) is 60.2 Å². The summed E-state index contributed by atoms with van der Waals surface area (Å²) in [5.74, 6) is 0. The Balaban J connectivity index is 2.22. The highest BCUT2D eigenvalue weighted by Gasteiger charge is 2.12. The Labute approximate surface area is 117 Å². The second kappa shape index (κ2) is 4.75. The van der Waals surface area contributed by atoms with Crippen molar-refractivity contribution in [2.45, 2.75) is 11.3 Å². The molecule has 0 fully saturated rings. The lowest BCUT2D eigenvalue weighted by Crippen LogP contribution is -2.19. The first kappa shape index (κ1) is 12.3. The molecular weight excluding hydrogens is 280 g/mol. The number of aryl methyl sites for hydroxylation is 1. The molecule has 0 saturated carbocycles. The molecule has 0 aliphatic carbocycles. The normalized spacial score (nSPS) is 11.1. The highest BCUT2D eigenvalue weighted by molar-refractivity contribution is 8.00. The Morgan fingerprint density at radius 1 is 1.21 bits per heavy atom. The first-order chi connectivity index (χ1) is 9.19. The van der Waals surface area contributed by atoms with Gasteiger partial charge in [-0.3, -0.25) is 4.79 Å². The molecule has 19 heavy (non-hydrogen) atoms. The van der Waals surface area contributed by atoms with Gasteiger partial charge in [-0.05, 0) is 13.2 Å². The molecule has 0 atom stereocenters. The minimum atomic E-state index is -0.231. The maximum Gasteiger partial charge on any atom is 0.302 e. The van der Waals surface area contributed by atoms with Crippen molar-refractivity contribution in [1.29, 1.82) is 0 Å². The van der Waals surface area contributed by atoms with Crippen molar-refractivity contribution in [3.05, 3.63) is 40.2 Å². The van der Waals surface area contributed by atoms with E-state index in [1.165, 1.54) is 27.6 Å². The molecule has 0 N–H and O–H groups in total. The fourth-order valence-corrected chi connectivity index (χ4v) is 2.96. The van der Waals surface area contributed by atoms with Crippen LogP contribution in [0.2, 0.25) is 0 Å². The maximum atomic E-state index is 12.3. The van der Waals surface area contributed by atoms with Crippen LogP contribution in [0.15, 0.2) is 33.4 Å². The molecule has 3 aromatic rings. The molecule has 0 aliphatic heterocycles. The van der Waals surface area contributed by atoms with Crippen LogP contribution in [0, 0.1) is 6.92 Å². The summed E-state index contributed by atoms with van der Waals surface area (Å²) in [6, 6.07) is 7.63. The van der Waals surface area contributed by atoms with E-state index in [0.717, 1.165) is 15.5 Å². The summed E-state index contributed by atoms with van der Waals surface area (Å²) < 4.78 is 2.12. The van der Waals surface area contributed by atoms with Gasteiger partial charge in [0.05, 0.1) is 0 Å². The van der Waals surface area contributed by atoms with Gasteiger partial charge in [0.2, 0.25) is 4.96 Å². The molecule has 0 bridgehead atoms. The van der Waals surface area contributed by atoms with Gasteiger partial charge in [-0.1, -0.05) is 52.9 Å². The van der Waals surface area contributed by atoms with Crippen LogP contribution in [-0.4, -0.2) is 26.1 Å². The number of benzene rings is 1. The number of hydrogen-bond donors (Lipinski definition) is 0. The molecule has 2 aromatic heterocycles. The Morgan fingerprint density at radius 2 is 1.95 bits per heavy atom. The summed E-state index contributed by atoms with van der Waals surface area (Å²) >= 11 is 2.85. The SMILES string of the molecule is CSc1nn2c(=O)c(-c3ccc(C)cc3)nnc2s1. The first-order valence-corrected chi connectivity index (χ1v) is 7.61. The zero-order valence-electron chi connectivity index (χ0n) is 10.3. The van der Waals surface area contributed by atoms with Gasteiger partial charge in [-0.2, -0.15) is 4.52 Å². The summed E-state index contributed by atoms with van der Waals surface area (Å²) in [7, 11) is 0. The maximum absolute atomic E-state index is 12.3. The fraction of sp³-hybridized carbons (Fsp3) is 0.167. The summed E-state index contributed by atoms with van der Waals surface area (Å²) in [4.78, 5) is 12.9. The van der Waals surface area contributed by atoms with E-state index in [1.54, 1.807) is 0 Å². The van der Waals surface area contributed by atoms with Gasteiger partial charge in [0.1, 0.15) is 0 Å². The highest BCUT2D eigenvalue weighted by atomic mass is 32.2. The molecule has 96 valence electrons. The zero-order chi connectivity index (χ0) is 13.4. The number of nitrogens with zero attached hydrogens (tertiary/aromatic N) is 4. The van der Waals surface area contributed by atoms with Crippen LogP contribution in [-0.2, 0) is 0 Å². The van der Waals surface area contributed by atoms with E-state index in [1.807, 2.05) is 37.4 Å². The quantitative estimate of drug-likeness (QED) is 0.677. The average Bonchev–Trinajstić information content (AvgIpc) is 2.85. The molecule has 0 amide bonds. The van der Waals surface area contributed by atoms with E-state index < -0.39 is 0 Å². The van der Waals surface area contributed by atoms with Crippen LogP contribution < -0.4 is 5.56 Å². The minimum absolute atomic E-state index is 0.231. The lowest BCUT2D eigenvalue weighted by atomic mass is 10.1. The predicted molar refractivity (Wildman–Crippen MR) is 76.9 cm³/mol. The third-order valence-corrected chi connectivity index (χ3v) is 4.55. The van der Waals surface area contributed by atoms with Gasteiger partial charge in [-0.25, -0.2) is 0 Å². The van der Waals surface area contributed by atoms with Crippen molar-refractivity contribution in [2.75, 3.05) is 6.26 Å². The van der Waals surface area contributed by atoms with Crippen LogP contribution in [0.3, 0.4) is 0 Å². The lowest BCUT2D eigenvalue weighted by molar-refractivity contribution is 0.829. The van der Waals surface area contributed by atoms with Crippen molar-refractivity contribution in [1.82, 2.24) is 19.8 Å². The fourth-order valence-electron chi connectivity index (χ4n) is 1.67. The van der Waals surface area contributed by atoms with E-state index in [9.17, 15) is 4.79 Å². The molecule has 0 unspecified atom stereocenters. The lowest BCUT2D eigenvalue weighted by Gasteiger charge is -1.99. The smallest absolute Gasteiger partial charge is 0.265 e. The monoisotopic (exact) mass is 290 g/mol. The molecule has 0 spiro atoms. The number of rotatable bonds is 2. The van der Waals surface area contributed by atoms with Gasteiger partial charge in [0.15, 0.2) is 10.0 Å². The van der Waals surface area contributed by atoms with Gasteiger partial charge >= 0.3 is 5.56 Å². The van der Waals surface area contributed by atoms with Crippen LogP contribution in [0.25, 0.3) is 16.2 Å². The second-order valence-electron chi connectivity index (χ2n) is 3.99. The van der Waals surface area contributed by atoms with Crippen LogP contribution in [0.1, 0.15) is 5.56 Å². The van der Waals surface area contributed by atoms with Crippen LogP contribution in [0.4, 0.5) is 0 Å². The molecule has 0 aliphatic rings. The van der Waals surface area contributed by atoms with Gasteiger partial charge < -0.3 is 0 Å². The molecular formula is C12H10N4OS2. The second-order valence-corrected chi connectivity index (χ2v) is 6.00. The zero-order valence-corrected chi connectivity index (χ0v) is 12.0. The third kappa shape index (κ3) is 2.15. The summed E-state index contributed by atoms with van der Waals surface area (Å²) in [5.41, 5.74) is 1.99. The number of hydrogen-bond acceptors (Lipinski definition) is 6. The number of aromatic nitrogens is 4. The highest BCUT2D eigenvalue weighted by Crippen LogP contribution is 2.21. The van der Waals surface area contributed by atoms with Crippen molar-refractivity contribution in [3.63, 3.8) is 0 Å². The van der Waals surface area contributed by atoms with E-state index in [2.05, 4.69) is 15.3 Å². The Morgan fingerprint density at radius 3 is 2.63 bits per heavy atom. The average molecular weight is 290 g/mol. The molecule has 7 heteroatoms. The Hall–Kier alpha value is -1.73. The van der Waals surface area contributed by atoms with E-state index in [-0.39, 0.29) is 5.56 Å². The summed E-state index contributed by atoms with van der Waals surface area (Å²) in [6.07, 6.45) is 1.91. The van der Waals surface area contributed by atoms with Gasteiger partial charge in [-0.15, -0.1) is 15.3 Å². The molecule has 2 heterocycles. The molecule has 1 aromatic carbocycles. The van der Waals surface area contributed by atoms with Crippen molar-refractivity contribution in [3.8, 4) is 11.3 Å². The largest absolute Gasteiger partial charge is 0.302 e. The molecule has 5 nitrogen and oxygen atoms in total. The third-order valence-electron chi connectivity index (χ3n) is 2.67.